The first-order valence-corrected chi connectivity index (χ1v) is 8.76. The van der Waals surface area contributed by atoms with Gasteiger partial charge in [0.05, 0.1) is 21.6 Å². The van der Waals surface area contributed by atoms with Gasteiger partial charge in [-0.05, 0) is 42.5 Å². The molecule has 2 heterocycles. The zero-order valence-corrected chi connectivity index (χ0v) is 14.9. The van der Waals surface area contributed by atoms with Crippen molar-refractivity contribution in [2.75, 3.05) is 0 Å². The maximum absolute atomic E-state index is 13.9. The molecule has 29 heavy (non-hydrogen) atoms. The van der Waals surface area contributed by atoms with Gasteiger partial charge in [-0.1, -0.05) is 18.2 Å². The van der Waals surface area contributed by atoms with Gasteiger partial charge in [0.15, 0.2) is 11.3 Å². The molecule has 0 N–H and O–H groups in total. The lowest BCUT2D eigenvalue weighted by Gasteiger charge is -2.09. The average Bonchev–Trinajstić information content (AvgIpc) is 3.10. The van der Waals surface area contributed by atoms with Crippen molar-refractivity contribution < 1.29 is 9.31 Å². The van der Waals surface area contributed by atoms with Crippen LogP contribution in [0.3, 0.4) is 0 Å². The summed E-state index contributed by atoms with van der Waals surface area (Å²) in [7, 11) is 0. The number of rotatable bonds is 3. The van der Waals surface area contributed by atoms with Crippen molar-refractivity contribution in [3.63, 3.8) is 0 Å². The molecule has 8 heteroatoms. The van der Waals surface area contributed by atoms with Crippen LogP contribution >= 0.6 is 0 Å². The third-order valence-corrected chi connectivity index (χ3v) is 4.57. The van der Waals surface area contributed by atoms with Crippen molar-refractivity contribution in [1.29, 1.82) is 0 Å². The highest BCUT2D eigenvalue weighted by atomic mass is 19.1. The van der Waals surface area contributed by atoms with E-state index in [1.165, 1.54) is 24.3 Å². The predicted octanol–water partition coefficient (Wildman–Crippen LogP) is 4.68. The molecule has 0 aliphatic carbocycles. The molecular weight excluding hydrogens is 373 g/mol. The Balaban J connectivity index is 1.83. The maximum Gasteiger partial charge on any atom is 0.269 e. The van der Waals surface area contributed by atoms with Crippen LogP contribution in [-0.2, 0) is 0 Å². The maximum atomic E-state index is 13.9. The Bertz CT molecular complexity index is 1400. The molecule has 0 aliphatic rings. The normalized spacial score (nSPS) is 11.2. The van der Waals surface area contributed by atoms with Gasteiger partial charge in [-0.3, -0.25) is 14.7 Å². The Kier molecular flexibility index (Phi) is 3.77. The second-order valence-corrected chi connectivity index (χ2v) is 6.41. The summed E-state index contributed by atoms with van der Waals surface area (Å²) < 4.78 is 15.7. The molecule has 0 radical (unpaired) electrons. The minimum Gasteiger partial charge on any atom is -0.275 e. The van der Waals surface area contributed by atoms with E-state index in [1.807, 2.05) is 24.3 Å². The van der Waals surface area contributed by atoms with Crippen LogP contribution in [0.1, 0.15) is 0 Å². The summed E-state index contributed by atoms with van der Waals surface area (Å²) in [6, 6.07) is 19.5. The third-order valence-electron chi connectivity index (χ3n) is 4.57. The molecule has 7 nitrogen and oxygen atoms in total. The van der Waals surface area contributed by atoms with Crippen molar-refractivity contribution in [3.05, 3.63) is 88.7 Å². The van der Waals surface area contributed by atoms with Crippen molar-refractivity contribution in [2.45, 2.75) is 0 Å². The van der Waals surface area contributed by atoms with Gasteiger partial charge in [0.2, 0.25) is 0 Å². The second-order valence-electron chi connectivity index (χ2n) is 6.41. The van der Waals surface area contributed by atoms with E-state index in [0.29, 0.717) is 39.4 Å². The number of nitro benzene ring substituents is 1. The number of hydrogen-bond acceptors (Lipinski definition) is 5. The number of benzene rings is 3. The van der Waals surface area contributed by atoms with Gasteiger partial charge in [0.25, 0.3) is 5.69 Å². The summed E-state index contributed by atoms with van der Waals surface area (Å²) in [5.74, 6) is 0.0727. The number of nitro groups is 1. The molecule has 140 valence electrons. The molecule has 0 unspecified atom stereocenters. The molecule has 0 saturated carbocycles. The standard InChI is InChI=1S/C21H12FN5O2/c22-14-4-3-5-16(12-14)26-20(13-8-10-15(11-9-13)27(28)29)25-19-21(26)24-18-7-2-1-6-17(18)23-19/h1-12H. The summed E-state index contributed by atoms with van der Waals surface area (Å²) in [6.45, 7) is 0. The Morgan fingerprint density at radius 3 is 2.28 bits per heavy atom. The second kappa shape index (κ2) is 6.45. The summed E-state index contributed by atoms with van der Waals surface area (Å²) in [5, 5.41) is 11.0. The molecule has 2 aromatic heterocycles. The van der Waals surface area contributed by atoms with Gasteiger partial charge in [-0.2, -0.15) is 0 Å². The minimum absolute atomic E-state index is 0.0239. The monoisotopic (exact) mass is 385 g/mol. The largest absolute Gasteiger partial charge is 0.275 e. The number of nitrogens with zero attached hydrogens (tertiary/aromatic N) is 5. The van der Waals surface area contributed by atoms with Crippen molar-refractivity contribution >= 4 is 28.0 Å². The predicted molar refractivity (Wildman–Crippen MR) is 106 cm³/mol. The van der Waals surface area contributed by atoms with Crippen molar-refractivity contribution in [3.8, 4) is 17.1 Å². The number of fused-ring (bicyclic) bond motifs is 2. The van der Waals surface area contributed by atoms with Crippen LogP contribution in [0, 0.1) is 15.9 Å². The van der Waals surface area contributed by atoms with Crippen LogP contribution in [0.5, 0.6) is 0 Å². The zero-order chi connectivity index (χ0) is 20.0. The third kappa shape index (κ3) is 2.87. The molecule has 0 fully saturated rings. The fourth-order valence-electron chi connectivity index (χ4n) is 3.24. The number of imidazole rings is 1. The lowest BCUT2D eigenvalue weighted by atomic mass is 10.2. The van der Waals surface area contributed by atoms with Crippen LogP contribution in [0.15, 0.2) is 72.8 Å². The highest BCUT2D eigenvalue weighted by Crippen LogP contribution is 2.29. The number of halogens is 1. The Morgan fingerprint density at radius 2 is 1.59 bits per heavy atom. The zero-order valence-electron chi connectivity index (χ0n) is 14.9. The van der Waals surface area contributed by atoms with Gasteiger partial charge in [0, 0.05) is 17.7 Å². The molecule has 0 bridgehead atoms. The van der Waals surface area contributed by atoms with Gasteiger partial charge in [-0.25, -0.2) is 19.3 Å². The van der Waals surface area contributed by atoms with E-state index in [2.05, 4.69) is 15.0 Å². The van der Waals surface area contributed by atoms with Crippen LogP contribution < -0.4 is 0 Å². The molecule has 0 aliphatic heterocycles. The van der Waals surface area contributed by atoms with Gasteiger partial charge in [-0.15, -0.1) is 0 Å². The van der Waals surface area contributed by atoms with E-state index in [0.717, 1.165) is 0 Å². The molecule has 0 spiro atoms. The van der Waals surface area contributed by atoms with Crippen LogP contribution in [0.4, 0.5) is 10.1 Å². The van der Waals surface area contributed by atoms with E-state index < -0.39 is 10.7 Å². The van der Waals surface area contributed by atoms with E-state index in [1.54, 1.807) is 28.8 Å². The van der Waals surface area contributed by atoms with Crippen molar-refractivity contribution in [2.24, 2.45) is 0 Å². The smallest absolute Gasteiger partial charge is 0.269 e. The molecule has 5 rings (SSSR count). The van der Waals surface area contributed by atoms with Gasteiger partial charge >= 0.3 is 0 Å². The van der Waals surface area contributed by atoms with E-state index in [9.17, 15) is 14.5 Å². The summed E-state index contributed by atoms with van der Waals surface area (Å²) >= 11 is 0. The van der Waals surface area contributed by atoms with E-state index >= 15 is 0 Å². The van der Waals surface area contributed by atoms with E-state index in [4.69, 9.17) is 0 Å². The fourth-order valence-corrected chi connectivity index (χ4v) is 3.24. The first-order chi connectivity index (χ1) is 14.1. The molecular formula is C21H12FN5O2. The fraction of sp³-hybridized carbons (Fsp3) is 0. The summed E-state index contributed by atoms with van der Waals surface area (Å²) in [5.41, 5.74) is 3.40. The van der Waals surface area contributed by atoms with E-state index in [-0.39, 0.29) is 5.69 Å². The molecule has 0 amide bonds. The molecule has 5 aromatic rings. The number of aromatic nitrogens is 4. The molecule has 0 saturated heterocycles. The van der Waals surface area contributed by atoms with Crippen LogP contribution in [0.2, 0.25) is 0 Å². The Labute approximate surface area is 163 Å². The number of non-ortho nitro benzene ring substituents is 1. The molecule has 0 atom stereocenters. The first kappa shape index (κ1) is 16.9. The number of hydrogen-bond donors (Lipinski definition) is 0. The Morgan fingerprint density at radius 1 is 0.862 bits per heavy atom. The SMILES string of the molecule is O=[N+]([O-])c1ccc(-c2nc3nc4ccccc4nc3n2-c2cccc(F)c2)cc1. The lowest BCUT2D eigenvalue weighted by molar-refractivity contribution is -0.384. The average molecular weight is 385 g/mol. The first-order valence-electron chi connectivity index (χ1n) is 8.76. The minimum atomic E-state index is -0.463. The highest BCUT2D eigenvalue weighted by Gasteiger charge is 2.18. The summed E-state index contributed by atoms with van der Waals surface area (Å²) in [6.07, 6.45) is 0. The van der Waals surface area contributed by atoms with Crippen LogP contribution in [-0.4, -0.2) is 24.4 Å². The van der Waals surface area contributed by atoms with Crippen molar-refractivity contribution in [1.82, 2.24) is 19.5 Å². The topological polar surface area (TPSA) is 86.7 Å². The lowest BCUT2D eigenvalue weighted by Crippen LogP contribution is -2.00. The highest BCUT2D eigenvalue weighted by molar-refractivity contribution is 5.86. The van der Waals surface area contributed by atoms with Crippen LogP contribution in [0.25, 0.3) is 39.4 Å². The number of para-hydroxylation sites is 2. The quantitative estimate of drug-likeness (QED) is 0.332. The Hall–Kier alpha value is -4.20. The van der Waals surface area contributed by atoms with Gasteiger partial charge in [0.1, 0.15) is 11.6 Å². The molecule has 3 aromatic carbocycles. The van der Waals surface area contributed by atoms with Gasteiger partial charge < -0.3 is 0 Å². The summed E-state index contributed by atoms with van der Waals surface area (Å²) in [4.78, 5) is 24.4.